The van der Waals surface area contributed by atoms with Crippen molar-refractivity contribution < 1.29 is 0 Å². The van der Waals surface area contributed by atoms with E-state index in [0.29, 0.717) is 17.9 Å². The summed E-state index contributed by atoms with van der Waals surface area (Å²) in [6, 6.07) is 11.7. The Morgan fingerprint density at radius 1 is 0.963 bits per heavy atom. The number of fused-ring (bicyclic) bond motifs is 1. The molecule has 27 heavy (non-hydrogen) atoms. The molecule has 2 aromatic rings. The third-order valence-electron chi connectivity index (χ3n) is 5.74. The molecule has 148 valence electrons. The van der Waals surface area contributed by atoms with Crippen LogP contribution in [0.1, 0.15) is 39.5 Å². The number of likely N-dealkylation sites (tertiary alicyclic amines) is 1. The van der Waals surface area contributed by atoms with Gasteiger partial charge in [0.05, 0.1) is 5.52 Å². The number of nitrogens with zero attached hydrogens (tertiary/aromatic N) is 3. The van der Waals surface area contributed by atoms with E-state index in [1.165, 1.54) is 49.8 Å². The first-order chi connectivity index (χ1) is 13.2. The van der Waals surface area contributed by atoms with Crippen molar-refractivity contribution in [3.8, 4) is 0 Å². The highest BCUT2D eigenvalue weighted by Gasteiger charge is 2.24. The second kappa shape index (κ2) is 9.38. The van der Waals surface area contributed by atoms with Crippen LogP contribution in [0.2, 0.25) is 0 Å². The number of nitrogen functional groups attached to an aromatic ring is 1. The van der Waals surface area contributed by atoms with E-state index in [0.717, 1.165) is 18.6 Å². The quantitative estimate of drug-likeness (QED) is 0.867. The number of hydrogen-bond donors (Lipinski definition) is 2. The lowest BCUT2D eigenvalue weighted by atomic mass is 9.99. The first-order valence-corrected chi connectivity index (χ1v) is 10.5. The highest BCUT2D eigenvalue weighted by Crippen LogP contribution is 2.30. The van der Waals surface area contributed by atoms with Crippen LogP contribution in [0, 0.1) is 0 Å². The summed E-state index contributed by atoms with van der Waals surface area (Å²) in [5.74, 6) is 0.611. The zero-order valence-electron chi connectivity index (χ0n) is 17.1. The lowest BCUT2D eigenvalue weighted by Crippen LogP contribution is -2.49. The number of benzene rings is 1. The average Bonchev–Trinajstić information content (AvgIpc) is 2.71. The molecular formula is C22H35N5. The summed E-state index contributed by atoms with van der Waals surface area (Å²) in [5, 5.41) is 5.12. The Labute approximate surface area is 163 Å². The first-order valence-electron chi connectivity index (χ1n) is 10.5. The van der Waals surface area contributed by atoms with Gasteiger partial charge in [-0.15, -0.1) is 0 Å². The summed E-state index contributed by atoms with van der Waals surface area (Å²) >= 11 is 0. The fourth-order valence-corrected chi connectivity index (χ4v) is 4.23. The van der Waals surface area contributed by atoms with Crippen LogP contribution in [-0.4, -0.2) is 55.2 Å². The maximum Gasteiger partial charge on any atom is 0.126 e. The van der Waals surface area contributed by atoms with Gasteiger partial charge in [-0.1, -0.05) is 32.0 Å². The molecule has 2 fully saturated rings. The van der Waals surface area contributed by atoms with E-state index in [1.54, 1.807) is 0 Å². The summed E-state index contributed by atoms with van der Waals surface area (Å²) in [6.07, 6.45) is 4.95. The number of nitrogens with two attached hydrogens (primary N) is 1. The van der Waals surface area contributed by atoms with Crippen LogP contribution in [0.15, 0.2) is 30.3 Å². The summed E-state index contributed by atoms with van der Waals surface area (Å²) in [7, 11) is 2.22. The van der Waals surface area contributed by atoms with E-state index in [1.807, 2.05) is 32.0 Å². The zero-order chi connectivity index (χ0) is 19.2. The van der Waals surface area contributed by atoms with Gasteiger partial charge >= 0.3 is 0 Å². The van der Waals surface area contributed by atoms with E-state index >= 15 is 0 Å². The molecule has 0 atom stereocenters. The second-order valence-electron chi connectivity index (χ2n) is 7.59. The van der Waals surface area contributed by atoms with E-state index in [2.05, 4.69) is 39.3 Å². The third-order valence-corrected chi connectivity index (χ3v) is 5.74. The van der Waals surface area contributed by atoms with Gasteiger partial charge in [0.25, 0.3) is 0 Å². The predicted molar refractivity (Wildman–Crippen MR) is 116 cm³/mol. The molecule has 5 nitrogen and oxygen atoms in total. The highest BCUT2D eigenvalue weighted by molar-refractivity contribution is 5.93. The minimum absolute atomic E-state index is 0.611. The molecule has 3 heterocycles. The second-order valence-corrected chi connectivity index (χ2v) is 7.59. The number of pyridine rings is 1. The monoisotopic (exact) mass is 369 g/mol. The average molecular weight is 370 g/mol. The van der Waals surface area contributed by atoms with Crippen molar-refractivity contribution in [2.75, 3.05) is 43.9 Å². The standard InChI is InChI=1S/C20H29N5.C2H6/c1-24-10-6-15(7-11-24)22-16-8-12-25(13-9-16)19-14-20(21)23-18-5-3-2-4-17(18)19;1-2/h2-5,14-16,22H,6-13H2,1H3,(H2,21,23);1-2H3. The number of aromatic nitrogens is 1. The molecule has 0 radical (unpaired) electrons. The van der Waals surface area contributed by atoms with E-state index in [-0.39, 0.29) is 0 Å². The summed E-state index contributed by atoms with van der Waals surface area (Å²) < 4.78 is 0. The van der Waals surface area contributed by atoms with Gasteiger partial charge < -0.3 is 20.9 Å². The molecule has 0 saturated carbocycles. The first kappa shape index (κ1) is 19.9. The van der Waals surface area contributed by atoms with Crippen LogP contribution in [0.25, 0.3) is 10.9 Å². The minimum atomic E-state index is 0.611. The van der Waals surface area contributed by atoms with Crippen LogP contribution in [-0.2, 0) is 0 Å². The molecule has 0 aliphatic carbocycles. The molecular weight excluding hydrogens is 334 g/mol. The predicted octanol–water partition coefficient (Wildman–Crippen LogP) is 3.50. The van der Waals surface area contributed by atoms with E-state index in [4.69, 9.17) is 5.73 Å². The van der Waals surface area contributed by atoms with Gasteiger partial charge in [0.2, 0.25) is 0 Å². The van der Waals surface area contributed by atoms with Crippen LogP contribution in [0.3, 0.4) is 0 Å². The van der Waals surface area contributed by atoms with Gasteiger partial charge in [-0.2, -0.15) is 0 Å². The van der Waals surface area contributed by atoms with Crippen molar-refractivity contribution in [1.82, 2.24) is 15.2 Å². The molecule has 1 aromatic heterocycles. The van der Waals surface area contributed by atoms with Gasteiger partial charge in [-0.05, 0) is 51.9 Å². The lowest BCUT2D eigenvalue weighted by molar-refractivity contribution is 0.217. The van der Waals surface area contributed by atoms with Gasteiger partial charge in [0.1, 0.15) is 5.82 Å². The number of anilines is 2. The Balaban J connectivity index is 0.00000102. The Kier molecular flexibility index (Phi) is 6.91. The Morgan fingerprint density at radius 2 is 1.56 bits per heavy atom. The Bertz CT molecular complexity index is 716. The number of piperidine rings is 2. The van der Waals surface area contributed by atoms with Crippen LogP contribution < -0.4 is 16.0 Å². The van der Waals surface area contributed by atoms with Gasteiger partial charge in [0.15, 0.2) is 0 Å². The number of para-hydroxylation sites is 1. The highest BCUT2D eigenvalue weighted by atomic mass is 15.2. The smallest absolute Gasteiger partial charge is 0.126 e. The SMILES string of the molecule is CC.CN1CCC(NC2CCN(c3cc(N)nc4ccccc34)CC2)CC1. The molecule has 3 N–H and O–H groups in total. The van der Waals surface area contributed by atoms with E-state index in [9.17, 15) is 0 Å². The molecule has 0 unspecified atom stereocenters. The molecule has 2 saturated heterocycles. The number of hydrogen-bond acceptors (Lipinski definition) is 5. The summed E-state index contributed by atoms with van der Waals surface area (Å²) in [5.41, 5.74) is 8.27. The number of nitrogens with one attached hydrogen (secondary N) is 1. The van der Waals surface area contributed by atoms with Gasteiger partial charge in [0, 0.05) is 42.3 Å². The van der Waals surface area contributed by atoms with Crippen LogP contribution in [0.5, 0.6) is 0 Å². The zero-order valence-corrected chi connectivity index (χ0v) is 17.1. The topological polar surface area (TPSA) is 57.4 Å². The third kappa shape index (κ3) is 4.90. The molecule has 2 aliphatic heterocycles. The minimum Gasteiger partial charge on any atom is -0.384 e. The largest absolute Gasteiger partial charge is 0.384 e. The fourth-order valence-electron chi connectivity index (χ4n) is 4.23. The van der Waals surface area contributed by atoms with Crippen LogP contribution in [0.4, 0.5) is 11.5 Å². The van der Waals surface area contributed by atoms with Crippen LogP contribution >= 0.6 is 0 Å². The van der Waals surface area contributed by atoms with Crippen molar-refractivity contribution in [2.45, 2.75) is 51.6 Å². The molecule has 0 bridgehead atoms. The van der Waals surface area contributed by atoms with E-state index < -0.39 is 0 Å². The van der Waals surface area contributed by atoms with Crippen molar-refractivity contribution >= 4 is 22.4 Å². The van der Waals surface area contributed by atoms with Gasteiger partial charge in [-0.3, -0.25) is 0 Å². The van der Waals surface area contributed by atoms with Crippen molar-refractivity contribution in [1.29, 1.82) is 0 Å². The van der Waals surface area contributed by atoms with Crippen molar-refractivity contribution in [2.24, 2.45) is 0 Å². The Hall–Kier alpha value is -1.85. The normalized spacial score (nSPS) is 19.7. The van der Waals surface area contributed by atoms with Gasteiger partial charge in [-0.25, -0.2) is 4.98 Å². The molecule has 1 aromatic carbocycles. The van der Waals surface area contributed by atoms with Crippen molar-refractivity contribution in [3.05, 3.63) is 30.3 Å². The summed E-state index contributed by atoms with van der Waals surface area (Å²) in [4.78, 5) is 9.37. The lowest BCUT2D eigenvalue weighted by Gasteiger charge is -2.38. The molecule has 0 amide bonds. The number of rotatable bonds is 3. The maximum absolute atomic E-state index is 6.04. The molecule has 0 spiro atoms. The molecule has 5 heteroatoms. The fraction of sp³-hybridized carbons (Fsp3) is 0.591. The Morgan fingerprint density at radius 3 is 2.22 bits per heavy atom. The maximum atomic E-state index is 6.04. The molecule has 2 aliphatic rings. The summed E-state index contributed by atoms with van der Waals surface area (Å²) in [6.45, 7) is 8.60. The van der Waals surface area contributed by atoms with Crippen molar-refractivity contribution in [3.63, 3.8) is 0 Å². The molecule has 4 rings (SSSR count).